The average molecular weight is 387 g/mol. The van der Waals surface area contributed by atoms with Gasteiger partial charge in [-0.3, -0.25) is 4.72 Å². The van der Waals surface area contributed by atoms with Gasteiger partial charge in [-0.05, 0) is 28.1 Å². The molecular weight excluding hydrogens is 381 g/mol. The second kappa shape index (κ2) is 5.34. The maximum atomic E-state index is 12.8. The molecule has 0 unspecified atom stereocenters. The third kappa shape index (κ3) is 3.30. The molecule has 10 heteroatoms. The van der Waals surface area contributed by atoms with E-state index in [1.54, 1.807) is 0 Å². The van der Waals surface area contributed by atoms with Crippen molar-refractivity contribution in [3.63, 3.8) is 0 Å². The third-order valence-electron chi connectivity index (χ3n) is 2.18. The molecule has 0 spiro atoms. The maximum Gasteiger partial charge on any atom is 0.417 e. The van der Waals surface area contributed by atoms with E-state index < -0.39 is 26.7 Å². The van der Waals surface area contributed by atoms with Gasteiger partial charge in [-0.1, -0.05) is 23.5 Å². The quantitative estimate of drug-likeness (QED) is 0.874. The Hall–Kier alpha value is -1.13. The highest BCUT2D eigenvalue weighted by Gasteiger charge is 2.37. The normalized spacial score (nSPS) is 12.4. The Kier molecular flexibility index (Phi) is 4.07. The molecule has 0 aliphatic heterocycles. The van der Waals surface area contributed by atoms with Crippen LogP contribution in [0.2, 0.25) is 0 Å². The molecule has 0 radical (unpaired) electrons. The van der Waals surface area contributed by atoms with E-state index in [0.29, 0.717) is 9.85 Å². The maximum absolute atomic E-state index is 12.8. The molecule has 0 aliphatic carbocycles. The standard InChI is InChI=1S/C10H6BrF3N2O2S2/c11-8-5-15-9(19-8)16-20(17,18)7-4-2-1-3-6(7)10(12,13)14/h1-5H,(H,15,16). The molecule has 0 aliphatic rings. The summed E-state index contributed by atoms with van der Waals surface area (Å²) in [6.45, 7) is 0. The predicted molar refractivity (Wildman–Crippen MR) is 72.1 cm³/mol. The molecule has 0 saturated heterocycles. The second-order valence-electron chi connectivity index (χ2n) is 3.57. The first-order valence-electron chi connectivity index (χ1n) is 5.00. The minimum absolute atomic E-state index is 0.0196. The smallest absolute Gasteiger partial charge is 0.255 e. The van der Waals surface area contributed by atoms with Gasteiger partial charge in [-0.25, -0.2) is 13.4 Å². The Morgan fingerprint density at radius 3 is 2.45 bits per heavy atom. The van der Waals surface area contributed by atoms with Crippen molar-refractivity contribution in [1.82, 2.24) is 4.98 Å². The first-order valence-corrected chi connectivity index (χ1v) is 8.10. The van der Waals surface area contributed by atoms with Gasteiger partial charge in [-0.15, -0.1) is 0 Å². The van der Waals surface area contributed by atoms with Crippen LogP contribution in [0.1, 0.15) is 5.56 Å². The van der Waals surface area contributed by atoms with Gasteiger partial charge in [0.05, 0.1) is 20.4 Å². The molecule has 1 aromatic carbocycles. The van der Waals surface area contributed by atoms with Crippen LogP contribution in [0.25, 0.3) is 0 Å². The summed E-state index contributed by atoms with van der Waals surface area (Å²) in [6.07, 6.45) is -3.41. The highest BCUT2D eigenvalue weighted by molar-refractivity contribution is 9.11. The Morgan fingerprint density at radius 1 is 1.25 bits per heavy atom. The summed E-state index contributed by atoms with van der Waals surface area (Å²) in [5.41, 5.74) is -1.22. The van der Waals surface area contributed by atoms with Crippen LogP contribution in [0.5, 0.6) is 0 Å². The van der Waals surface area contributed by atoms with E-state index in [1.165, 1.54) is 12.3 Å². The molecule has 1 aromatic heterocycles. The summed E-state index contributed by atoms with van der Waals surface area (Å²) >= 11 is 4.04. The predicted octanol–water partition coefficient (Wildman–Crippen LogP) is 3.73. The number of hydrogen-bond acceptors (Lipinski definition) is 4. The van der Waals surface area contributed by atoms with Crippen molar-refractivity contribution in [2.45, 2.75) is 11.1 Å². The molecule has 4 nitrogen and oxygen atoms in total. The fourth-order valence-corrected chi connectivity index (χ4v) is 3.98. The van der Waals surface area contributed by atoms with Gasteiger partial charge >= 0.3 is 6.18 Å². The number of nitrogens with zero attached hydrogens (tertiary/aromatic N) is 1. The van der Waals surface area contributed by atoms with Gasteiger partial charge in [0.1, 0.15) is 0 Å². The number of sulfonamides is 1. The average Bonchev–Trinajstić information content (AvgIpc) is 2.73. The lowest BCUT2D eigenvalue weighted by Crippen LogP contribution is -2.18. The molecule has 0 atom stereocenters. The number of thiazole rings is 1. The van der Waals surface area contributed by atoms with Crippen LogP contribution < -0.4 is 4.72 Å². The van der Waals surface area contributed by atoms with Gasteiger partial charge in [-0.2, -0.15) is 13.2 Å². The molecule has 0 fully saturated rings. The van der Waals surface area contributed by atoms with Crippen LogP contribution in [-0.2, 0) is 16.2 Å². The van der Waals surface area contributed by atoms with Gasteiger partial charge in [0.15, 0.2) is 5.13 Å². The molecule has 2 rings (SSSR count). The number of anilines is 1. The Bertz CT molecular complexity index is 728. The molecule has 2 aromatic rings. The molecule has 0 saturated carbocycles. The summed E-state index contributed by atoms with van der Waals surface area (Å²) in [4.78, 5) is 2.88. The monoisotopic (exact) mass is 386 g/mol. The van der Waals surface area contributed by atoms with Crippen molar-refractivity contribution in [3.05, 3.63) is 39.8 Å². The number of halogens is 4. The number of aromatic nitrogens is 1. The van der Waals surface area contributed by atoms with Gasteiger partial charge in [0, 0.05) is 0 Å². The lowest BCUT2D eigenvalue weighted by molar-refractivity contribution is -0.139. The molecule has 0 amide bonds. The van der Waals surface area contributed by atoms with Crippen molar-refractivity contribution in [2.24, 2.45) is 0 Å². The van der Waals surface area contributed by atoms with Crippen LogP contribution in [-0.4, -0.2) is 13.4 Å². The molecule has 1 heterocycles. The van der Waals surface area contributed by atoms with Gasteiger partial charge in [0.2, 0.25) is 0 Å². The van der Waals surface area contributed by atoms with Crippen molar-refractivity contribution < 1.29 is 21.6 Å². The van der Waals surface area contributed by atoms with E-state index in [4.69, 9.17) is 0 Å². The number of alkyl halides is 3. The zero-order valence-electron chi connectivity index (χ0n) is 9.48. The molecule has 20 heavy (non-hydrogen) atoms. The first-order chi connectivity index (χ1) is 9.20. The largest absolute Gasteiger partial charge is 0.417 e. The van der Waals surface area contributed by atoms with Crippen LogP contribution in [0, 0.1) is 0 Å². The zero-order valence-corrected chi connectivity index (χ0v) is 12.7. The molecule has 108 valence electrons. The summed E-state index contributed by atoms with van der Waals surface area (Å²) in [7, 11) is -4.36. The van der Waals surface area contributed by atoms with Crippen LogP contribution in [0.4, 0.5) is 18.3 Å². The fraction of sp³-hybridized carbons (Fsp3) is 0.100. The lowest BCUT2D eigenvalue weighted by Gasteiger charge is -2.13. The number of benzene rings is 1. The SMILES string of the molecule is O=S(=O)(Nc1ncc(Br)s1)c1ccccc1C(F)(F)F. The van der Waals surface area contributed by atoms with E-state index in [0.717, 1.165) is 23.5 Å². The molecular formula is C10H6BrF3N2O2S2. The van der Waals surface area contributed by atoms with Crippen molar-refractivity contribution >= 4 is 42.4 Å². The Morgan fingerprint density at radius 2 is 1.90 bits per heavy atom. The van der Waals surface area contributed by atoms with Crippen LogP contribution in [0.3, 0.4) is 0 Å². The number of rotatable bonds is 3. The summed E-state index contributed by atoms with van der Waals surface area (Å²) in [6, 6.07) is 3.96. The van der Waals surface area contributed by atoms with E-state index >= 15 is 0 Å². The van der Waals surface area contributed by atoms with E-state index in [-0.39, 0.29) is 5.13 Å². The summed E-state index contributed by atoms with van der Waals surface area (Å²) in [5.74, 6) is 0. The Labute approximate surface area is 124 Å². The summed E-state index contributed by atoms with van der Waals surface area (Å²) in [5, 5.41) is -0.0196. The number of hydrogen-bond donors (Lipinski definition) is 1. The molecule has 0 bridgehead atoms. The second-order valence-corrected chi connectivity index (χ2v) is 7.63. The minimum Gasteiger partial charge on any atom is -0.255 e. The van der Waals surface area contributed by atoms with Gasteiger partial charge in [0.25, 0.3) is 10.0 Å². The van der Waals surface area contributed by atoms with Gasteiger partial charge < -0.3 is 0 Å². The van der Waals surface area contributed by atoms with Crippen molar-refractivity contribution in [1.29, 1.82) is 0 Å². The molecule has 1 N–H and O–H groups in total. The van der Waals surface area contributed by atoms with E-state index in [2.05, 4.69) is 20.9 Å². The topological polar surface area (TPSA) is 59.1 Å². The highest BCUT2D eigenvalue weighted by Crippen LogP contribution is 2.35. The van der Waals surface area contributed by atoms with E-state index in [9.17, 15) is 21.6 Å². The first kappa shape index (κ1) is 15.3. The Balaban J connectivity index is 2.45. The summed E-state index contributed by atoms with van der Waals surface area (Å²) < 4.78 is 65.0. The van der Waals surface area contributed by atoms with Crippen LogP contribution >= 0.6 is 27.3 Å². The highest BCUT2D eigenvalue weighted by atomic mass is 79.9. The van der Waals surface area contributed by atoms with Crippen molar-refractivity contribution in [3.8, 4) is 0 Å². The van der Waals surface area contributed by atoms with E-state index in [1.807, 2.05) is 4.72 Å². The van der Waals surface area contributed by atoms with Crippen LogP contribution in [0.15, 0.2) is 39.1 Å². The fourth-order valence-electron chi connectivity index (χ4n) is 1.41. The third-order valence-corrected chi connectivity index (χ3v) is 5.10. The zero-order chi connectivity index (χ0) is 15.0. The minimum atomic E-state index is -4.76. The number of nitrogens with one attached hydrogen (secondary N) is 1. The van der Waals surface area contributed by atoms with Crippen molar-refractivity contribution in [2.75, 3.05) is 4.72 Å². The lowest BCUT2D eigenvalue weighted by atomic mass is 10.2.